The molecule has 0 bridgehead atoms. The number of nitrogens with one attached hydrogen (secondary N) is 1. The Labute approximate surface area is 295 Å². The van der Waals surface area contributed by atoms with Gasteiger partial charge >= 0.3 is 5.97 Å². The zero-order chi connectivity index (χ0) is 35.2. The summed E-state index contributed by atoms with van der Waals surface area (Å²) in [4.78, 5) is 58.1. The Kier molecular flexibility index (Phi) is 8.41. The molecule has 3 amide bonds. The lowest BCUT2D eigenvalue weighted by Crippen LogP contribution is -2.65. The topological polar surface area (TPSA) is 114 Å². The summed E-state index contributed by atoms with van der Waals surface area (Å²) in [5, 5.41) is 6.07. The third kappa shape index (κ3) is 5.31. The van der Waals surface area contributed by atoms with Crippen molar-refractivity contribution in [3.8, 4) is 0 Å². The summed E-state index contributed by atoms with van der Waals surface area (Å²) in [6.45, 7) is 19.7. The number of oxime groups is 1. The number of fused-ring (bicyclic) bond motifs is 7. The summed E-state index contributed by atoms with van der Waals surface area (Å²) in [6.07, 6.45) is 13.8. The van der Waals surface area contributed by atoms with Crippen LogP contribution in [0.25, 0.3) is 0 Å². The molecule has 4 saturated carbocycles. The molecular formula is C39H55N3O6S. The molecule has 9 nitrogen and oxygen atoms in total. The number of hydrogen-bond acceptors (Lipinski definition) is 8. The molecule has 2 heterocycles. The number of amides is 3. The van der Waals surface area contributed by atoms with Gasteiger partial charge in [0.05, 0.1) is 29.2 Å². The average Bonchev–Trinajstić information content (AvgIpc) is 3.36. The number of thioether (sulfide) groups is 1. The second-order valence-electron chi connectivity index (χ2n) is 18.3. The fraction of sp³-hybridized carbons (Fsp3) is 0.769. The summed E-state index contributed by atoms with van der Waals surface area (Å²) in [7, 11) is 0. The SMILES string of the molecule is CC1(C)CC[C@]2(C(=O)N3CCOCC3)CC[C@]3(C)C(=CCC4[C@@]5(C)CC/C(=N\OC(=O)/C=C6\SC(=O)NC6=O)C(C)(C)C5CC[C@]43C)C2C1. The summed E-state index contributed by atoms with van der Waals surface area (Å²) >= 11 is 0.693. The molecule has 6 fully saturated rings. The van der Waals surface area contributed by atoms with Gasteiger partial charge in [0.15, 0.2) is 0 Å². The van der Waals surface area contributed by atoms with Gasteiger partial charge in [0, 0.05) is 24.6 Å². The van der Waals surface area contributed by atoms with Crippen molar-refractivity contribution in [2.24, 2.45) is 55.4 Å². The molecule has 0 aromatic heterocycles. The zero-order valence-corrected chi connectivity index (χ0v) is 31.4. The molecule has 2 saturated heterocycles. The highest BCUT2D eigenvalue weighted by Gasteiger charge is 2.69. The molecule has 5 aliphatic carbocycles. The van der Waals surface area contributed by atoms with E-state index in [4.69, 9.17) is 9.57 Å². The van der Waals surface area contributed by atoms with Crippen molar-refractivity contribution in [2.45, 2.75) is 113 Å². The van der Waals surface area contributed by atoms with Crippen molar-refractivity contribution >= 4 is 40.5 Å². The minimum Gasteiger partial charge on any atom is -0.378 e. The first-order chi connectivity index (χ1) is 23.0. The minimum absolute atomic E-state index is 0.0256. The van der Waals surface area contributed by atoms with E-state index in [1.165, 1.54) is 0 Å². The van der Waals surface area contributed by atoms with Gasteiger partial charge < -0.3 is 14.5 Å². The maximum Gasteiger partial charge on any atom is 0.359 e. The van der Waals surface area contributed by atoms with Gasteiger partial charge in [-0.2, -0.15) is 0 Å². The third-order valence-corrected chi connectivity index (χ3v) is 16.1. The zero-order valence-electron chi connectivity index (χ0n) is 30.5. The minimum atomic E-state index is -0.746. The molecule has 2 aliphatic heterocycles. The molecule has 7 atom stereocenters. The molecule has 1 N–H and O–H groups in total. The van der Waals surface area contributed by atoms with Gasteiger partial charge in [0.25, 0.3) is 11.1 Å². The molecule has 0 radical (unpaired) electrons. The standard InChI is InChI=1S/C39H55N3O6S/c1-34(2)14-16-39(32(45)42-18-20-47-21-19-42)17-15-37(6)24(25(39)23-34)8-9-28-36(5)12-11-29(35(3,4)27(36)10-13-38(28,37)7)41-48-30(43)22-26-31(44)40-33(46)49-26/h8,22,25,27-28H,9-21,23H2,1-7H3,(H,40,44,46)/b26-22-,41-29+/t25?,27?,28?,36-,37+,38+,39-/m0/s1. The highest BCUT2D eigenvalue weighted by atomic mass is 32.2. The Hall–Kier alpha value is -2.46. The number of ether oxygens (including phenoxy) is 1. The maximum atomic E-state index is 14.6. The van der Waals surface area contributed by atoms with E-state index < -0.39 is 17.1 Å². The van der Waals surface area contributed by atoms with E-state index in [0.717, 1.165) is 76.0 Å². The van der Waals surface area contributed by atoms with E-state index >= 15 is 0 Å². The van der Waals surface area contributed by atoms with Gasteiger partial charge in [0.2, 0.25) is 5.91 Å². The predicted octanol–water partition coefficient (Wildman–Crippen LogP) is 7.41. The van der Waals surface area contributed by atoms with Crippen molar-refractivity contribution < 1.29 is 28.8 Å². The number of imide groups is 1. The number of carbonyl (C=O) groups is 4. The first kappa shape index (κ1) is 35.0. The fourth-order valence-electron chi connectivity index (χ4n) is 12.3. The van der Waals surface area contributed by atoms with Crippen LogP contribution in [0.5, 0.6) is 0 Å². The summed E-state index contributed by atoms with van der Waals surface area (Å²) in [5.74, 6) is 0.204. The van der Waals surface area contributed by atoms with E-state index in [-0.39, 0.29) is 43.3 Å². The van der Waals surface area contributed by atoms with Crippen LogP contribution < -0.4 is 5.32 Å². The van der Waals surface area contributed by atoms with Crippen molar-refractivity contribution in [2.75, 3.05) is 26.3 Å². The molecule has 7 aliphatic rings. The molecule has 0 spiro atoms. The largest absolute Gasteiger partial charge is 0.378 e. The van der Waals surface area contributed by atoms with Crippen molar-refractivity contribution in [1.82, 2.24) is 10.2 Å². The number of hydrogen-bond donors (Lipinski definition) is 1. The quantitative estimate of drug-likeness (QED) is 0.142. The van der Waals surface area contributed by atoms with E-state index in [2.05, 4.69) is 69.9 Å². The molecule has 49 heavy (non-hydrogen) atoms. The van der Waals surface area contributed by atoms with Crippen molar-refractivity contribution in [3.63, 3.8) is 0 Å². The number of allylic oxidation sites excluding steroid dienone is 2. The predicted molar refractivity (Wildman–Crippen MR) is 189 cm³/mol. The number of morpholine rings is 1. The Morgan fingerprint density at radius 1 is 0.980 bits per heavy atom. The highest BCUT2D eigenvalue weighted by molar-refractivity contribution is 8.18. The average molecular weight is 694 g/mol. The van der Waals surface area contributed by atoms with E-state index in [1.54, 1.807) is 5.57 Å². The van der Waals surface area contributed by atoms with Crippen LogP contribution >= 0.6 is 11.8 Å². The van der Waals surface area contributed by atoms with Crippen LogP contribution in [0.15, 0.2) is 27.8 Å². The Morgan fingerprint density at radius 2 is 1.69 bits per heavy atom. The lowest BCUT2D eigenvalue weighted by Gasteiger charge is -2.71. The molecule has 0 aromatic carbocycles. The third-order valence-electron chi connectivity index (χ3n) is 15.3. The Bertz CT molecular complexity index is 1560. The second-order valence-corrected chi connectivity index (χ2v) is 19.3. The summed E-state index contributed by atoms with van der Waals surface area (Å²) in [5.41, 5.74) is 2.33. The van der Waals surface area contributed by atoms with E-state index in [0.29, 0.717) is 55.8 Å². The van der Waals surface area contributed by atoms with Gasteiger partial charge in [0.1, 0.15) is 0 Å². The first-order valence-corrected chi connectivity index (χ1v) is 19.4. The summed E-state index contributed by atoms with van der Waals surface area (Å²) < 4.78 is 5.65. The maximum absolute atomic E-state index is 14.6. The van der Waals surface area contributed by atoms with Gasteiger partial charge in [-0.05, 0) is 115 Å². The number of nitrogens with zero attached hydrogens (tertiary/aromatic N) is 2. The Balaban J connectivity index is 1.17. The van der Waals surface area contributed by atoms with E-state index in [1.807, 2.05) is 0 Å². The molecular weight excluding hydrogens is 639 g/mol. The molecule has 0 aromatic rings. The van der Waals surface area contributed by atoms with Crippen LogP contribution in [0.2, 0.25) is 0 Å². The van der Waals surface area contributed by atoms with Gasteiger partial charge in [-0.25, -0.2) is 4.79 Å². The van der Waals surface area contributed by atoms with Gasteiger partial charge in [-0.1, -0.05) is 65.3 Å². The van der Waals surface area contributed by atoms with Crippen molar-refractivity contribution in [3.05, 3.63) is 22.6 Å². The molecule has 268 valence electrons. The molecule has 7 rings (SSSR count). The van der Waals surface area contributed by atoms with Gasteiger partial charge in [-0.3, -0.25) is 19.7 Å². The smallest absolute Gasteiger partial charge is 0.359 e. The summed E-state index contributed by atoms with van der Waals surface area (Å²) in [6, 6.07) is 0. The first-order valence-electron chi connectivity index (χ1n) is 18.6. The van der Waals surface area contributed by atoms with Crippen LogP contribution in [-0.4, -0.2) is 59.9 Å². The monoisotopic (exact) mass is 693 g/mol. The normalized spacial score (nSPS) is 42.7. The van der Waals surface area contributed by atoms with Crippen LogP contribution in [0.4, 0.5) is 4.79 Å². The lowest BCUT2D eigenvalue weighted by molar-refractivity contribution is -0.177. The lowest BCUT2D eigenvalue weighted by atomic mass is 9.33. The molecule has 10 heteroatoms. The Morgan fingerprint density at radius 3 is 2.39 bits per heavy atom. The van der Waals surface area contributed by atoms with Crippen LogP contribution in [-0.2, 0) is 24.0 Å². The van der Waals surface area contributed by atoms with Crippen LogP contribution in [0, 0.1) is 50.2 Å². The second kappa shape index (κ2) is 11.8. The number of carbonyl (C=O) groups excluding carboxylic acids is 4. The van der Waals surface area contributed by atoms with Crippen LogP contribution in [0.1, 0.15) is 113 Å². The molecule has 3 unspecified atom stereocenters. The van der Waals surface area contributed by atoms with Gasteiger partial charge in [-0.15, -0.1) is 0 Å². The van der Waals surface area contributed by atoms with E-state index in [9.17, 15) is 19.2 Å². The fourth-order valence-corrected chi connectivity index (χ4v) is 13.0. The van der Waals surface area contributed by atoms with Crippen molar-refractivity contribution in [1.29, 1.82) is 0 Å². The van der Waals surface area contributed by atoms with Crippen LogP contribution in [0.3, 0.4) is 0 Å². The number of rotatable bonds is 3. The highest BCUT2D eigenvalue weighted by Crippen LogP contribution is 2.75.